The van der Waals surface area contributed by atoms with Gasteiger partial charge in [-0.15, -0.1) is 0 Å². The highest BCUT2D eigenvalue weighted by Gasteiger charge is 2.30. The molecule has 0 radical (unpaired) electrons. The van der Waals surface area contributed by atoms with E-state index in [0.29, 0.717) is 29.8 Å². The van der Waals surface area contributed by atoms with Gasteiger partial charge in [0, 0.05) is 18.0 Å². The number of carbonyl (C=O) groups is 1. The quantitative estimate of drug-likeness (QED) is 0.876. The fraction of sp³-hybridized carbons (Fsp3) is 0.235. The second-order valence-electron chi connectivity index (χ2n) is 5.78. The van der Waals surface area contributed by atoms with E-state index >= 15 is 0 Å². The normalized spacial score (nSPS) is 19.8. The molecule has 25 heavy (non-hydrogen) atoms. The molecule has 1 unspecified atom stereocenters. The van der Waals surface area contributed by atoms with Gasteiger partial charge >= 0.3 is 6.09 Å². The lowest BCUT2D eigenvalue weighted by Crippen LogP contribution is -2.37. The fourth-order valence-corrected chi connectivity index (χ4v) is 2.59. The molecule has 3 rings (SSSR count). The van der Waals surface area contributed by atoms with Gasteiger partial charge in [-0.2, -0.15) is 0 Å². The lowest BCUT2D eigenvalue weighted by atomic mass is 9.92. The Morgan fingerprint density at radius 1 is 1.40 bits per heavy atom. The number of carbonyl (C=O) groups excluding carboxylic acids is 1. The molecular weight excluding hydrogens is 344 g/mol. The van der Waals surface area contributed by atoms with Gasteiger partial charge in [-0.05, 0) is 30.7 Å². The molecule has 1 aliphatic heterocycles. The van der Waals surface area contributed by atoms with Crippen molar-refractivity contribution < 1.29 is 14.3 Å². The van der Waals surface area contributed by atoms with Crippen LogP contribution < -0.4 is 15.8 Å². The van der Waals surface area contributed by atoms with Crippen molar-refractivity contribution in [2.24, 2.45) is 10.7 Å². The average Bonchev–Trinajstić information content (AvgIpc) is 2.57. The van der Waals surface area contributed by atoms with Crippen LogP contribution in [0.5, 0.6) is 5.88 Å². The zero-order valence-corrected chi connectivity index (χ0v) is 14.3. The van der Waals surface area contributed by atoms with E-state index < -0.39 is 11.6 Å². The van der Waals surface area contributed by atoms with E-state index in [1.165, 1.54) is 12.3 Å². The Balaban J connectivity index is 1.72. The molecule has 2 heterocycles. The van der Waals surface area contributed by atoms with Crippen LogP contribution in [0.25, 0.3) is 0 Å². The van der Waals surface area contributed by atoms with Crippen molar-refractivity contribution in [2.75, 3.05) is 18.5 Å². The van der Waals surface area contributed by atoms with Crippen LogP contribution in [0.1, 0.15) is 12.5 Å². The Bertz CT molecular complexity index is 810. The Morgan fingerprint density at radius 2 is 2.24 bits per heavy atom. The maximum Gasteiger partial charge on any atom is 0.418 e. The van der Waals surface area contributed by atoms with Gasteiger partial charge in [0.2, 0.25) is 5.88 Å². The molecule has 0 saturated heterocycles. The third kappa shape index (κ3) is 4.26. The standard InChI is InChI=1S/C17H17ClN4O3/c1-17(10-24-9-14(19)22-17)11-3-2-4-13(7-11)21-16(23)25-15-6-5-12(18)8-20-15/h2-8H,9-10H2,1H3,(H2,19,22)(H,21,23). The van der Waals surface area contributed by atoms with E-state index in [4.69, 9.17) is 26.8 Å². The van der Waals surface area contributed by atoms with Gasteiger partial charge in [-0.3, -0.25) is 10.3 Å². The highest BCUT2D eigenvalue weighted by Crippen LogP contribution is 2.30. The topological polar surface area (TPSA) is 98.8 Å². The summed E-state index contributed by atoms with van der Waals surface area (Å²) in [5, 5.41) is 3.12. The Labute approximate surface area is 149 Å². The summed E-state index contributed by atoms with van der Waals surface area (Å²) >= 11 is 5.74. The van der Waals surface area contributed by atoms with Gasteiger partial charge in [0.1, 0.15) is 18.0 Å². The van der Waals surface area contributed by atoms with E-state index in [2.05, 4.69) is 15.3 Å². The maximum absolute atomic E-state index is 12.0. The van der Waals surface area contributed by atoms with Gasteiger partial charge in [-0.1, -0.05) is 23.7 Å². The van der Waals surface area contributed by atoms with Crippen LogP contribution in [0.15, 0.2) is 47.6 Å². The van der Waals surface area contributed by atoms with Gasteiger partial charge < -0.3 is 15.2 Å². The molecule has 0 spiro atoms. The van der Waals surface area contributed by atoms with E-state index in [-0.39, 0.29) is 5.88 Å². The summed E-state index contributed by atoms with van der Waals surface area (Å²) in [6.45, 7) is 2.67. The van der Waals surface area contributed by atoms with Crippen LogP contribution in [0.3, 0.4) is 0 Å². The molecule has 0 bridgehead atoms. The molecule has 0 saturated carbocycles. The summed E-state index contributed by atoms with van der Waals surface area (Å²) < 4.78 is 10.6. The number of nitrogens with zero attached hydrogens (tertiary/aromatic N) is 2. The van der Waals surface area contributed by atoms with Crippen LogP contribution in [-0.4, -0.2) is 30.1 Å². The van der Waals surface area contributed by atoms with Crippen LogP contribution >= 0.6 is 11.6 Å². The van der Waals surface area contributed by atoms with Crippen LogP contribution in [0, 0.1) is 0 Å². The van der Waals surface area contributed by atoms with Gasteiger partial charge in [0.05, 0.1) is 11.6 Å². The second-order valence-corrected chi connectivity index (χ2v) is 6.22. The average molecular weight is 361 g/mol. The molecule has 1 aromatic carbocycles. The number of nitrogens with one attached hydrogen (secondary N) is 1. The van der Waals surface area contributed by atoms with Crippen molar-refractivity contribution in [3.05, 3.63) is 53.2 Å². The van der Waals surface area contributed by atoms with Crippen molar-refractivity contribution in [3.63, 3.8) is 0 Å². The number of ether oxygens (including phenoxy) is 2. The number of rotatable bonds is 3. The lowest BCUT2D eigenvalue weighted by Gasteiger charge is -2.30. The number of amides is 1. The molecule has 1 aromatic heterocycles. The zero-order valence-electron chi connectivity index (χ0n) is 13.5. The van der Waals surface area contributed by atoms with E-state index in [0.717, 1.165) is 5.56 Å². The first-order valence-electron chi connectivity index (χ1n) is 7.57. The summed E-state index contributed by atoms with van der Waals surface area (Å²) in [5.74, 6) is 0.600. The SMILES string of the molecule is CC1(c2cccc(NC(=O)Oc3ccc(Cl)cn3)c2)COCC(N)=N1. The highest BCUT2D eigenvalue weighted by atomic mass is 35.5. The molecular formula is C17H17ClN4O3. The maximum atomic E-state index is 12.0. The molecule has 7 nitrogen and oxygen atoms in total. The lowest BCUT2D eigenvalue weighted by molar-refractivity contribution is 0.106. The summed E-state index contributed by atoms with van der Waals surface area (Å²) in [7, 11) is 0. The third-order valence-corrected chi connectivity index (χ3v) is 3.88. The van der Waals surface area contributed by atoms with Crippen LogP contribution in [0.4, 0.5) is 10.5 Å². The predicted octanol–water partition coefficient (Wildman–Crippen LogP) is 2.95. The molecule has 130 valence electrons. The molecule has 3 N–H and O–H groups in total. The number of amidine groups is 1. The molecule has 8 heteroatoms. The Hall–Kier alpha value is -2.64. The van der Waals surface area contributed by atoms with Crippen LogP contribution in [0.2, 0.25) is 5.02 Å². The molecule has 1 amide bonds. The first-order valence-corrected chi connectivity index (χ1v) is 7.95. The Kier molecular flexibility index (Phi) is 4.87. The van der Waals surface area contributed by atoms with Crippen molar-refractivity contribution in [1.82, 2.24) is 4.98 Å². The molecule has 2 aromatic rings. The van der Waals surface area contributed by atoms with Crippen LogP contribution in [-0.2, 0) is 10.3 Å². The molecule has 1 atom stereocenters. The minimum Gasteiger partial charge on any atom is -0.391 e. The summed E-state index contributed by atoms with van der Waals surface area (Å²) in [6, 6.07) is 10.4. The fourth-order valence-electron chi connectivity index (χ4n) is 2.48. The van der Waals surface area contributed by atoms with E-state index in [9.17, 15) is 4.79 Å². The highest BCUT2D eigenvalue weighted by molar-refractivity contribution is 6.30. The number of halogens is 1. The third-order valence-electron chi connectivity index (χ3n) is 3.65. The first-order chi connectivity index (χ1) is 11.9. The molecule has 0 fully saturated rings. The Morgan fingerprint density at radius 3 is 2.96 bits per heavy atom. The van der Waals surface area contributed by atoms with E-state index in [1.807, 2.05) is 25.1 Å². The number of benzene rings is 1. The minimum atomic E-state index is -0.653. The first kappa shape index (κ1) is 17.2. The van der Waals surface area contributed by atoms with E-state index in [1.54, 1.807) is 12.1 Å². The zero-order chi connectivity index (χ0) is 17.9. The summed E-state index contributed by atoms with van der Waals surface area (Å²) in [5.41, 5.74) is 6.63. The molecule has 1 aliphatic rings. The number of aliphatic imine (C=N–C) groups is 1. The number of hydrogen-bond acceptors (Lipinski definition) is 6. The van der Waals surface area contributed by atoms with Crippen molar-refractivity contribution in [3.8, 4) is 5.88 Å². The number of anilines is 1. The number of pyridine rings is 1. The predicted molar refractivity (Wildman–Crippen MR) is 95.1 cm³/mol. The summed E-state index contributed by atoms with van der Waals surface area (Å²) in [4.78, 5) is 20.4. The number of hydrogen-bond donors (Lipinski definition) is 2. The van der Waals surface area contributed by atoms with Crippen molar-refractivity contribution >= 4 is 29.2 Å². The largest absolute Gasteiger partial charge is 0.418 e. The number of nitrogens with two attached hydrogens (primary N) is 1. The van der Waals surface area contributed by atoms with Crippen molar-refractivity contribution in [1.29, 1.82) is 0 Å². The van der Waals surface area contributed by atoms with Gasteiger partial charge in [0.15, 0.2) is 0 Å². The summed E-state index contributed by atoms with van der Waals surface area (Å²) in [6.07, 6.45) is 0.747. The van der Waals surface area contributed by atoms with Gasteiger partial charge in [0.25, 0.3) is 0 Å². The second kappa shape index (κ2) is 7.08. The van der Waals surface area contributed by atoms with Gasteiger partial charge in [-0.25, -0.2) is 9.78 Å². The van der Waals surface area contributed by atoms with Crippen molar-refractivity contribution in [2.45, 2.75) is 12.5 Å². The monoisotopic (exact) mass is 360 g/mol. The minimum absolute atomic E-state index is 0.156. The smallest absolute Gasteiger partial charge is 0.391 e. The molecule has 0 aliphatic carbocycles. The number of aromatic nitrogens is 1.